The van der Waals surface area contributed by atoms with Gasteiger partial charge in [0, 0.05) is 22.3 Å². The number of rotatable bonds is 3. The van der Waals surface area contributed by atoms with Crippen molar-refractivity contribution < 1.29 is 17.9 Å². The topological polar surface area (TPSA) is 21.3 Å². The fourth-order valence-corrected chi connectivity index (χ4v) is 3.09. The van der Waals surface area contributed by atoms with Crippen molar-refractivity contribution in [2.45, 2.75) is 37.9 Å². The average molecular weight is 352 g/mol. The first-order valence-electron chi connectivity index (χ1n) is 6.56. The third-order valence-electron chi connectivity index (χ3n) is 3.61. The Hall–Kier alpha value is -0.910. The van der Waals surface area contributed by atoms with Crippen molar-refractivity contribution in [3.63, 3.8) is 0 Å². The molecule has 0 saturated heterocycles. The van der Waals surface area contributed by atoms with E-state index in [9.17, 15) is 13.2 Å². The van der Waals surface area contributed by atoms with Gasteiger partial charge in [0.1, 0.15) is 5.75 Å². The highest BCUT2D eigenvalue weighted by atomic mass is 79.9. The van der Waals surface area contributed by atoms with Crippen LogP contribution in [0.25, 0.3) is 0 Å². The molecule has 0 bridgehead atoms. The molecule has 2 atom stereocenters. The van der Waals surface area contributed by atoms with E-state index >= 15 is 0 Å². The summed E-state index contributed by atoms with van der Waals surface area (Å²) >= 11 is 3.36. The van der Waals surface area contributed by atoms with Crippen LogP contribution in [0.2, 0.25) is 0 Å². The molecular weight excluding hydrogens is 335 g/mol. The van der Waals surface area contributed by atoms with Crippen molar-refractivity contribution >= 4 is 21.6 Å². The lowest BCUT2D eigenvalue weighted by Gasteiger charge is -2.31. The monoisotopic (exact) mass is 351 g/mol. The maximum atomic E-state index is 12.8. The summed E-state index contributed by atoms with van der Waals surface area (Å²) in [7, 11) is 1.56. The van der Waals surface area contributed by atoms with Gasteiger partial charge in [0.2, 0.25) is 0 Å². The van der Waals surface area contributed by atoms with Crippen molar-refractivity contribution in [3.05, 3.63) is 22.7 Å². The Balaban J connectivity index is 2.04. The van der Waals surface area contributed by atoms with Gasteiger partial charge in [-0.1, -0.05) is 22.4 Å². The van der Waals surface area contributed by atoms with E-state index in [1.807, 2.05) is 12.1 Å². The molecule has 0 aliphatic heterocycles. The lowest BCUT2D eigenvalue weighted by Crippen LogP contribution is -2.34. The SMILES string of the molecule is COc1cc(Br)cc(NC2CCCC(C(F)(F)F)C2)c1. The average Bonchev–Trinajstić information content (AvgIpc) is 2.37. The summed E-state index contributed by atoms with van der Waals surface area (Å²) in [5, 5.41) is 3.19. The molecule has 2 unspecified atom stereocenters. The summed E-state index contributed by atoms with van der Waals surface area (Å²) in [6.07, 6.45) is -2.34. The summed E-state index contributed by atoms with van der Waals surface area (Å²) in [5.74, 6) is -0.521. The van der Waals surface area contributed by atoms with Crippen LogP contribution in [0.5, 0.6) is 5.75 Å². The van der Waals surface area contributed by atoms with Crippen LogP contribution in [-0.4, -0.2) is 19.3 Å². The standard InChI is InChI=1S/C14H17BrF3NO/c1-20-13-7-10(15)6-12(8-13)19-11-4-2-3-9(5-11)14(16,17)18/h6-9,11,19H,2-5H2,1H3. The van der Waals surface area contributed by atoms with Crippen molar-refractivity contribution in [1.82, 2.24) is 0 Å². The third-order valence-corrected chi connectivity index (χ3v) is 4.07. The first-order chi connectivity index (χ1) is 9.38. The molecule has 0 heterocycles. The molecule has 1 N–H and O–H groups in total. The molecule has 0 aromatic heterocycles. The van der Waals surface area contributed by atoms with Crippen LogP contribution in [0.3, 0.4) is 0 Å². The van der Waals surface area contributed by atoms with E-state index in [0.29, 0.717) is 12.2 Å². The summed E-state index contributed by atoms with van der Waals surface area (Å²) in [5.41, 5.74) is 0.782. The van der Waals surface area contributed by atoms with Crippen LogP contribution >= 0.6 is 15.9 Å². The molecule has 1 saturated carbocycles. The molecular formula is C14H17BrF3NO. The van der Waals surface area contributed by atoms with Crippen LogP contribution in [0, 0.1) is 5.92 Å². The second kappa shape index (κ2) is 6.24. The molecule has 6 heteroatoms. The largest absolute Gasteiger partial charge is 0.497 e. The van der Waals surface area contributed by atoms with Crippen molar-refractivity contribution in [3.8, 4) is 5.75 Å². The summed E-state index contributed by atoms with van der Waals surface area (Å²) in [6, 6.07) is 5.31. The lowest BCUT2D eigenvalue weighted by atomic mass is 9.85. The van der Waals surface area contributed by atoms with Gasteiger partial charge in [-0.05, 0) is 31.4 Å². The van der Waals surface area contributed by atoms with Crippen LogP contribution in [0.4, 0.5) is 18.9 Å². The van der Waals surface area contributed by atoms with Gasteiger partial charge in [0.15, 0.2) is 0 Å². The highest BCUT2D eigenvalue weighted by Crippen LogP contribution is 2.38. The number of hydrogen-bond donors (Lipinski definition) is 1. The zero-order valence-electron chi connectivity index (χ0n) is 11.1. The minimum absolute atomic E-state index is 0.137. The summed E-state index contributed by atoms with van der Waals surface area (Å²) in [4.78, 5) is 0. The molecule has 1 aliphatic carbocycles. The Kier molecular flexibility index (Phi) is 4.83. The molecule has 0 radical (unpaired) electrons. The molecule has 0 amide bonds. The predicted octanol–water partition coefficient (Wildman–Crippen LogP) is 4.99. The Morgan fingerprint density at radius 1 is 1.25 bits per heavy atom. The Morgan fingerprint density at radius 2 is 2.00 bits per heavy atom. The van der Waals surface area contributed by atoms with Crippen molar-refractivity contribution in [1.29, 1.82) is 0 Å². The molecule has 20 heavy (non-hydrogen) atoms. The molecule has 112 valence electrons. The smallest absolute Gasteiger partial charge is 0.391 e. The van der Waals surface area contributed by atoms with Crippen LogP contribution in [0.1, 0.15) is 25.7 Å². The van der Waals surface area contributed by atoms with E-state index in [1.54, 1.807) is 13.2 Å². The Bertz CT molecular complexity index is 464. The van der Waals surface area contributed by atoms with Gasteiger partial charge in [-0.2, -0.15) is 13.2 Å². The van der Waals surface area contributed by atoms with Gasteiger partial charge in [0.25, 0.3) is 0 Å². The Labute approximate surface area is 124 Å². The first kappa shape index (κ1) is 15.5. The van der Waals surface area contributed by atoms with Crippen molar-refractivity contribution in [2.24, 2.45) is 5.92 Å². The second-order valence-electron chi connectivity index (χ2n) is 5.13. The molecule has 1 aromatic rings. The molecule has 0 spiro atoms. The molecule has 1 aromatic carbocycles. The van der Waals surface area contributed by atoms with E-state index in [1.165, 1.54) is 0 Å². The number of nitrogens with one attached hydrogen (secondary N) is 1. The number of ether oxygens (including phenoxy) is 1. The normalized spacial score (nSPS) is 23.4. The zero-order valence-corrected chi connectivity index (χ0v) is 12.7. The zero-order chi connectivity index (χ0) is 14.8. The van der Waals surface area contributed by atoms with Crippen molar-refractivity contribution in [2.75, 3.05) is 12.4 Å². The molecule has 2 nitrogen and oxygen atoms in total. The number of anilines is 1. The van der Waals surface area contributed by atoms with E-state index < -0.39 is 12.1 Å². The molecule has 1 aliphatic rings. The van der Waals surface area contributed by atoms with E-state index in [2.05, 4.69) is 21.2 Å². The summed E-state index contributed by atoms with van der Waals surface area (Å²) in [6.45, 7) is 0. The summed E-state index contributed by atoms with van der Waals surface area (Å²) < 4.78 is 44.3. The van der Waals surface area contributed by atoms with Crippen LogP contribution < -0.4 is 10.1 Å². The highest BCUT2D eigenvalue weighted by molar-refractivity contribution is 9.10. The molecule has 1 fully saturated rings. The minimum Gasteiger partial charge on any atom is -0.497 e. The number of hydrogen-bond acceptors (Lipinski definition) is 2. The van der Waals surface area contributed by atoms with Gasteiger partial charge in [-0.25, -0.2) is 0 Å². The second-order valence-corrected chi connectivity index (χ2v) is 6.04. The quantitative estimate of drug-likeness (QED) is 0.828. The van der Waals surface area contributed by atoms with Gasteiger partial charge in [0.05, 0.1) is 13.0 Å². The van der Waals surface area contributed by atoms with Gasteiger partial charge in [-0.15, -0.1) is 0 Å². The predicted molar refractivity (Wildman–Crippen MR) is 76.1 cm³/mol. The minimum atomic E-state index is -4.09. The maximum absolute atomic E-state index is 12.8. The van der Waals surface area contributed by atoms with Gasteiger partial charge in [-0.3, -0.25) is 0 Å². The van der Waals surface area contributed by atoms with E-state index in [0.717, 1.165) is 16.6 Å². The van der Waals surface area contributed by atoms with Gasteiger partial charge < -0.3 is 10.1 Å². The molecule has 2 rings (SSSR count). The van der Waals surface area contributed by atoms with E-state index in [4.69, 9.17) is 4.74 Å². The van der Waals surface area contributed by atoms with E-state index in [-0.39, 0.29) is 18.9 Å². The first-order valence-corrected chi connectivity index (χ1v) is 7.35. The van der Waals surface area contributed by atoms with Crippen LogP contribution in [0.15, 0.2) is 22.7 Å². The number of halogens is 4. The number of benzene rings is 1. The van der Waals surface area contributed by atoms with Crippen LogP contribution in [-0.2, 0) is 0 Å². The maximum Gasteiger partial charge on any atom is 0.391 e. The van der Waals surface area contributed by atoms with Gasteiger partial charge >= 0.3 is 6.18 Å². The fraction of sp³-hybridized carbons (Fsp3) is 0.571. The Morgan fingerprint density at radius 3 is 2.65 bits per heavy atom. The number of alkyl halides is 3. The lowest BCUT2D eigenvalue weighted by molar-refractivity contribution is -0.182. The number of methoxy groups -OCH3 is 1. The highest BCUT2D eigenvalue weighted by Gasteiger charge is 2.42. The fourth-order valence-electron chi connectivity index (χ4n) is 2.62. The third kappa shape index (κ3) is 4.04.